The van der Waals surface area contributed by atoms with E-state index in [1.54, 1.807) is 20.2 Å². The summed E-state index contributed by atoms with van der Waals surface area (Å²) in [5.74, 6) is -10.9. The van der Waals surface area contributed by atoms with Gasteiger partial charge in [-0.25, -0.2) is 0 Å². The molecule has 6 unspecified atom stereocenters. The molecule has 242 valence electrons. The van der Waals surface area contributed by atoms with Gasteiger partial charge in [-0.1, -0.05) is 6.07 Å². The normalized spacial score (nSPS) is 28.6. The number of carbonyl (C=O) groups is 5. The maximum absolute atomic E-state index is 14.0. The first kappa shape index (κ1) is 33.8. The summed E-state index contributed by atoms with van der Waals surface area (Å²) in [6.45, 7) is 0.864. The van der Waals surface area contributed by atoms with Crippen molar-refractivity contribution in [3.63, 3.8) is 0 Å². The molecule has 0 heterocycles. The number of Topliss-reactive ketones (excluding diaryl/α,β-unsaturated/α-hetero) is 4. The summed E-state index contributed by atoms with van der Waals surface area (Å²) >= 11 is 0. The highest BCUT2D eigenvalue weighted by Crippen LogP contribution is 2.51. The van der Waals surface area contributed by atoms with Gasteiger partial charge in [0, 0.05) is 40.9 Å². The van der Waals surface area contributed by atoms with Crippen LogP contribution < -0.4 is 5.73 Å². The van der Waals surface area contributed by atoms with E-state index in [9.17, 15) is 34.2 Å². The van der Waals surface area contributed by atoms with E-state index in [1.165, 1.54) is 39.4 Å². The molecular formula is C30H41N3O11. The van der Waals surface area contributed by atoms with Crippen LogP contribution in [0.25, 0.3) is 0 Å². The first-order valence-corrected chi connectivity index (χ1v) is 14.3. The topological polar surface area (TPSA) is 195 Å². The number of likely N-dealkylation sites (N-methyl/N-ethyl adjacent to an activating group) is 1. The maximum Gasteiger partial charge on any atom is 0.235 e. The third-order valence-corrected chi connectivity index (χ3v) is 9.30. The van der Waals surface area contributed by atoms with Gasteiger partial charge in [0.05, 0.1) is 30.6 Å². The SMILES string of the molecule is COC(CN(Cc1ccc(O)c2c1CC1CC3C(N(C)C)C(=O)C(C(N)=O)C(=O)C3(O)C(=O)C1C2=O)CC(OC)OC)OC. The molecule has 3 aliphatic rings. The Labute approximate surface area is 255 Å². The molecule has 4 rings (SSSR count). The van der Waals surface area contributed by atoms with Crippen LogP contribution >= 0.6 is 0 Å². The number of aromatic hydroxyl groups is 1. The molecular weight excluding hydrogens is 578 g/mol. The first-order chi connectivity index (χ1) is 20.8. The Morgan fingerprint density at radius 1 is 1.00 bits per heavy atom. The zero-order valence-corrected chi connectivity index (χ0v) is 25.8. The lowest BCUT2D eigenvalue weighted by atomic mass is 9.52. The van der Waals surface area contributed by atoms with Crippen molar-refractivity contribution in [3.8, 4) is 5.75 Å². The molecule has 1 amide bonds. The number of phenolic OH excluding ortho intramolecular Hbond substituents is 1. The fraction of sp³-hybridized carbons (Fsp3) is 0.633. The van der Waals surface area contributed by atoms with Crippen molar-refractivity contribution in [2.45, 2.75) is 43.6 Å². The number of fused-ring (bicyclic) bond motifs is 3. The second kappa shape index (κ2) is 13.1. The van der Waals surface area contributed by atoms with Crippen molar-refractivity contribution in [1.29, 1.82) is 0 Å². The summed E-state index contributed by atoms with van der Waals surface area (Å²) in [6, 6.07) is 1.88. The van der Waals surface area contributed by atoms with Gasteiger partial charge >= 0.3 is 0 Å². The number of methoxy groups -OCH3 is 4. The smallest absolute Gasteiger partial charge is 0.235 e. The summed E-state index contributed by atoms with van der Waals surface area (Å²) in [7, 11) is 9.11. The van der Waals surface area contributed by atoms with Gasteiger partial charge in [0.15, 0.2) is 47.2 Å². The van der Waals surface area contributed by atoms with E-state index in [4.69, 9.17) is 24.7 Å². The number of amides is 1. The van der Waals surface area contributed by atoms with E-state index in [-0.39, 0.29) is 30.7 Å². The van der Waals surface area contributed by atoms with Crippen LogP contribution in [0.1, 0.15) is 27.9 Å². The highest BCUT2D eigenvalue weighted by atomic mass is 16.7. The molecule has 0 radical (unpaired) electrons. The van der Waals surface area contributed by atoms with Crippen molar-refractivity contribution in [2.75, 3.05) is 55.6 Å². The number of nitrogens with two attached hydrogens (primary N) is 1. The number of hydrogen-bond acceptors (Lipinski definition) is 13. The van der Waals surface area contributed by atoms with Gasteiger partial charge in [0.25, 0.3) is 0 Å². The van der Waals surface area contributed by atoms with Gasteiger partial charge in [0.1, 0.15) is 5.75 Å². The van der Waals surface area contributed by atoms with Gasteiger partial charge in [-0.05, 0) is 50.0 Å². The Morgan fingerprint density at radius 2 is 1.57 bits per heavy atom. The van der Waals surface area contributed by atoms with Crippen LogP contribution in [0.3, 0.4) is 0 Å². The maximum atomic E-state index is 14.0. The third kappa shape index (κ3) is 5.60. The second-order valence-corrected chi connectivity index (χ2v) is 11.9. The van der Waals surface area contributed by atoms with E-state index in [1.807, 2.05) is 4.90 Å². The average molecular weight is 620 g/mol. The van der Waals surface area contributed by atoms with E-state index < -0.39 is 76.9 Å². The number of aliphatic hydroxyl groups is 1. The van der Waals surface area contributed by atoms with Gasteiger partial charge < -0.3 is 34.9 Å². The van der Waals surface area contributed by atoms with E-state index >= 15 is 0 Å². The molecule has 0 bridgehead atoms. The zero-order chi connectivity index (χ0) is 32.7. The molecule has 3 aliphatic carbocycles. The Hall–Kier alpha value is -3.11. The van der Waals surface area contributed by atoms with Gasteiger partial charge in [0.2, 0.25) is 5.91 Å². The van der Waals surface area contributed by atoms with Crippen LogP contribution in [-0.4, -0.2) is 129 Å². The van der Waals surface area contributed by atoms with Crippen molar-refractivity contribution in [3.05, 3.63) is 28.8 Å². The summed E-state index contributed by atoms with van der Waals surface area (Å²) in [6.07, 6.45) is -1.07. The van der Waals surface area contributed by atoms with Crippen molar-refractivity contribution in [2.24, 2.45) is 29.4 Å². The number of ether oxygens (including phenoxy) is 4. The van der Waals surface area contributed by atoms with Gasteiger partial charge in [-0.15, -0.1) is 0 Å². The molecule has 0 aromatic heterocycles. The molecule has 44 heavy (non-hydrogen) atoms. The van der Waals surface area contributed by atoms with E-state index in [2.05, 4.69) is 0 Å². The molecule has 2 saturated carbocycles. The number of primary amides is 1. The van der Waals surface area contributed by atoms with Crippen LogP contribution in [-0.2, 0) is 51.1 Å². The fourth-order valence-corrected chi connectivity index (χ4v) is 7.17. The predicted molar refractivity (Wildman–Crippen MR) is 152 cm³/mol. The number of nitrogens with zero attached hydrogens (tertiary/aromatic N) is 2. The molecule has 0 spiro atoms. The standard InChI is InChI=1S/C30H41N3O11/c1-32(2)24-17-10-15-9-16-14(11-33(12-19(41-3)42-4)13-20(43-5)44-6)7-8-18(34)22(16)25(35)21(15)27(37)30(17,40)28(38)23(26(24)36)29(31)39/h7-8,15,17,19-21,23-24,34,40H,9-13H2,1-6H3,(H2,31,39). The van der Waals surface area contributed by atoms with Crippen molar-refractivity contribution < 1.29 is 53.1 Å². The molecule has 14 heteroatoms. The van der Waals surface area contributed by atoms with Gasteiger partial charge in [-0.2, -0.15) is 0 Å². The lowest BCUT2D eigenvalue weighted by molar-refractivity contribution is -0.181. The van der Waals surface area contributed by atoms with Crippen LogP contribution in [0.2, 0.25) is 0 Å². The Bertz CT molecular complexity index is 1310. The summed E-state index contributed by atoms with van der Waals surface area (Å²) in [5, 5.41) is 22.6. The minimum Gasteiger partial charge on any atom is -0.507 e. The second-order valence-electron chi connectivity index (χ2n) is 11.9. The number of benzene rings is 1. The lowest BCUT2D eigenvalue weighted by Crippen LogP contribution is -2.74. The van der Waals surface area contributed by atoms with Crippen molar-refractivity contribution >= 4 is 29.0 Å². The molecule has 14 nitrogen and oxygen atoms in total. The Morgan fingerprint density at radius 3 is 2.07 bits per heavy atom. The summed E-state index contributed by atoms with van der Waals surface area (Å²) in [5.41, 5.74) is 3.73. The van der Waals surface area contributed by atoms with E-state index in [0.29, 0.717) is 24.2 Å². The van der Waals surface area contributed by atoms with E-state index in [0.717, 1.165) is 0 Å². The minimum absolute atomic E-state index is 0.0342. The van der Waals surface area contributed by atoms with Crippen LogP contribution in [0.5, 0.6) is 5.75 Å². The molecule has 1 aromatic rings. The average Bonchev–Trinajstić information content (AvgIpc) is 2.97. The molecule has 2 fully saturated rings. The predicted octanol–water partition coefficient (Wildman–Crippen LogP) is -1.09. The number of phenols is 1. The quantitative estimate of drug-likeness (QED) is 0.189. The van der Waals surface area contributed by atoms with Crippen LogP contribution in [0.4, 0.5) is 0 Å². The molecule has 6 atom stereocenters. The molecule has 1 aromatic carbocycles. The Balaban J connectivity index is 1.77. The van der Waals surface area contributed by atoms with Crippen LogP contribution in [0.15, 0.2) is 12.1 Å². The first-order valence-electron chi connectivity index (χ1n) is 14.3. The summed E-state index contributed by atoms with van der Waals surface area (Å²) in [4.78, 5) is 70.3. The van der Waals surface area contributed by atoms with Crippen molar-refractivity contribution in [1.82, 2.24) is 9.80 Å². The zero-order valence-electron chi connectivity index (χ0n) is 25.8. The Kier molecular flexibility index (Phi) is 10.0. The molecule has 0 saturated heterocycles. The highest BCUT2D eigenvalue weighted by molar-refractivity contribution is 6.32. The third-order valence-electron chi connectivity index (χ3n) is 9.30. The number of hydrogen-bond donors (Lipinski definition) is 3. The summed E-state index contributed by atoms with van der Waals surface area (Å²) < 4.78 is 21.6. The fourth-order valence-electron chi connectivity index (χ4n) is 7.17. The van der Waals surface area contributed by atoms with Crippen LogP contribution in [0, 0.1) is 23.7 Å². The number of ketones is 4. The van der Waals surface area contributed by atoms with Gasteiger partial charge in [-0.3, -0.25) is 33.8 Å². The number of carbonyl (C=O) groups excluding carboxylic acids is 5. The number of rotatable bonds is 12. The largest absolute Gasteiger partial charge is 0.507 e. The monoisotopic (exact) mass is 619 g/mol. The minimum atomic E-state index is -2.77. The highest BCUT2D eigenvalue weighted by Gasteiger charge is 2.69. The lowest BCUT2D eigenvalue weighted by Gasteiger charge is -2.52. The molecule has 4 N–H and O–H groups in total. The molecule has 0 aliphatic heterocycles.